The Bertz CT molecular complexity index is 1070. The zero-order valence-corrected chi connectivity index (χ0v) is 18.9. The van der Waals surface area contributed by atoms with Crippen LogP contribution in [0.1, 0.15) is 19.3 Å². The molecule has 4 rings (SSSR count). The molecule has 1 fully saturated rings. The summed E-state index contributed by atoms with van der Waals surface area (Å²) in [6.07, 6.45) is 3.36. The van der Waals surface area contributed by atoms with Crippen LogP contribution in [0.15, 0.2) is 54.7 Å². The summed E-state index contributed by atoms with van der Waals surface area (Å²) < 4.78 is 26.0. The van der Waals surface area contributed by atoms with E-state index in [1.165, 1.54) is 12.1 Å². The second kappa shape index (κ2) is 11.1. The number of benzene rings is 2. The molecule has 2 amide bonds. The Morgan fingerprint density at radius 2 is 1.97 bits per heavy atom. The number of hydrogen-bond donors (Lipinski definition) is 3. The van der Waals surface area contributed by atoms with Crippen LogP contribution in [0, 0.1) is 5.82 Å². The number of aryl methyl sites for hydroxylation is 1. The van der Waals surface area contributed by atoms with E-state index < -0.39 is 6.10 Å². The number of amides is 2. The van der Waals surface area contributed by atoms with Crippen molar-refractivity contribution < 1.29 is 23.8 Å². The van der Waals surface area contributed by atoms with Crippen LogP contribution >= 0.6 is 0 Å². The van der Waals surface area contributed by atoms with Crippen LogP contribution < -0.4 is 15.4 Å². The van der Waals surface area contributed by atoms with Crippen LogP contribution in [0.5, 0.6) is 5.75 Å². The first-order valence-corrected chi connectivity index (χ1v) is 11.2. The monoisotopic (exact) mass is 469 g/mol. The second-order valence-corrected chi connectivity index (χ2v) is 8.15. The summed E-state index contributed by atoms with van der Waals surface area (Å²) in [5.74, 6) is 0.408. The van der Waals surface area contributed by atoms with Gasteiger partial charge in [0.25, 0.3) is 0 Å². The first kappa shape index (κ1) is 23.7. The molecule has 0 aliphatic carbocycles. The number of halogens is 1. The number of carbonyl (C=O) groups is 1. The average Bonchev–Trinajstić information content (AvgIpc) is 3.33. The van der Waals surface area contributed by atoms with Crippen molar-refractivity contribution in [2.24, 2.45) is 0 Å². The Kier molecular flexibility index (Phi) is 7.71. The lowest BCUT2D eigenvalue weighted by molar-refractivity contribution is -0.0905. The lowest BCUT2D eigenvalue weighted by Crippen LogP contribution is -2.52. The smallest absolute Gasteiger partial charge is 0.319 e. The molecule has 34 heavy (non-hydrogen) atoms. The molecule has 0 saturated carbocycles. The fraction of sp³-hybridized carbons (Fsp3) is 0.375. The van der Waals surface area contributed by atoms with Crippen LogP contribution in [0.3, 0.4) is 0 Å². The van der Waals surface area contributed by atoms with Crippen molar-refractivity contribution in [3.63, 3.8) is 0 Å². The average molecular weight is 470 g/mol. The van der Waals surface area contributed by atoms with E-state index in [2.05, 4.69) is 20.9 Å². The SMILES string of the molecule is COc1ccc(NC(=O)N[C@H]2CC[C@@H](CCn3cc(-c4ccc(F)cc4)nn3)O[C@H]2CO)cc1. The van der Waals surface area contributed by atoms with E-state index in [1.807, 2.05) is 6.20 Å². The number of nitrogens with one attached hydrogen (secondary N) is 2. The maximum atomic E-state index is 13.1. The molecule has 180 valence electrons. The van der Waals surface area contributed by atoms with Gasteiger partial charge >= 0.3 is 6.03 Å². The predicted molar refractivity (Wildman–Crippen MR) is 124 cm³/mol. The van der Waals surface area contributed by atoms with Crippen molar-refractivity contribution in [2.45, 2.75) is 44.1 Å². The topological polar surface area (TPSA) is 111 Å². The van der Waals surface area contributed by atoms with Crippen molar-refractivity contribution in [3.05, 3.63) is 60.5 Å². The predicted octanol–water partition coefficient (Wildman–Crippen LogP) is 3.21. The van der Waals surface area contributed by atoms with Crippen LogP contribution in [-0.2, 0) is 11.3 Å². The van der Waals surface area contributed by atoms with Gasteiger partial charge in [-0.15, -0.1) is 5.10 Å². The highest BCUT2D eigenvalue weighted by molar-refractivity contribution is 5.89. The molecular weight excluding hydrogens is 441 g/mol. The van der Waals surface area contributed by atoms with E-state index >= 15 is 0 Å². The Labute approximate surface area is 196 Å². The fourth-order valence-electron chi connectivity index (χ4n) is 3.96. The minimum Gasteiger partial charge on any atom is -0.497 e. The van der Waals surface area contributed by atoms with Crippen molar-refractivity contribution in [1.29, 1.82) is 0 Å². The Morgan fingerprint density at radius 1 is 1.21 bits per heavy atom. The normalized spacial score (nSPS) is 20.0. The number of carbonyl (C=O) groups excluding carboxylic acids is 1. The largest absolute Gasteiger partial charge is 0.497 e. The van der Waals surface area contributed by atoms with E-state index in [-0.39, 0.29) is 30.6 Å². The molecule has 0 bridgehead atoms. The van der Waals surface area contributed by atoms with E-state index in [0.717, 1.165) is 12.0 Å². The minimum atomic E-state index is -0.495. The van der Waals surface area contributed by atoms with Crippen molar-refractivity contribution in [2.75, 3.05) is 19.0 Å². The number of anilines is 1. The molecule has 2 aromatic carbocycles. The maximum absolute atomic E-state index is 13.1. The van der Waals surface area contributed by atoms with Gasteiger partial charge in [0.2, 0.25) is 0 Å². The maximum Gasteiger partial charge on any atom is 0.319 e. The van der Waals surface area contributed by atoms with Crippen molar-refractivity contribution in [3.8, 4) is 17.0 Å². The summed E-state index contributed by atoms with van der Waals surface area (Å²) in [5, 5.41) is 23.8. The highest BCUT2D eigenvalue weighted by atomic mass is 19.1. The van der Waals surface area contributed by atoms with E-state index in [0.29, 0.717) is 36.5 Å². The molecule has 3 atom stereocenters. The van der Waals surface area contributed by atoms with Gasteiger partial charge in [-0.25, -0.2) is 9.18 Å². The van der Waals surface area contributed by atoms with Gasteiger partial charge in [0.05, 0.1) is 32.1 Å². The summed E-state index contributed by atoms with van der Waals surface area (Å²) in [4.78, 5) is 12.4. The van der Waals surface area contributed by atoms with Gasteiger partial charge in [-0.1, -0.05) is 5.21 Å². The molecule has 9 nitrogen and oxygen atoms in total. The lowest BCUT2D eigenvalue weighted by Gasteiger charge is -2.36. The number of rotatable bonds is 8. The fourth-order valence-corrected chi connectivity index (χ4v) is 3.96. The number of nitrogens with zero attached hydrogens (tertiary/aromatic N) is 3. The van der Waals surface area contributed by atoms with Gasteiger partial charge in [-0.3, -0.25) is 4.68 Å². The molecule has 3 aromatic rings. The molecule has 0 spiro atoms. The minimum absolute atomic E-state index is 0.0710. The Hall–Kier alpha value is -3.50. The molecule has 0 unspecified atom stereocenters. The number of aromatic nitrogens is 3. The highest BCUT2D eigenvalue weighted by Crippen LogP contribution is 2.23. The third-order valence-electron chi connectivity index (χ3n) is 5.82. The summed E-state index contributed by atoms with van der Waals surface area (Å²) in [6.45, 7) is 0.398. The van der Waals surface area contributed by atoms with Crippen molar-refractivity contribution in [1.82, 2.24) is 20.3 Å². The van der Waals surface area contributed by atoms with Gasteiger partial charge < -0.3 is 25.2 Å². The third kappa shape index (κ3) is 6.09. The van der Waals surface area contributed by atoms with E-state index in [9.17, 15) is 14.3 Å². The number of aliphatic hydroxyl groups excluding tert-OH is 1. The molecule has 1 aliphatic heterocycles. The van der Waals surface area contributed by atoms with Gasteiger partial charge in [-0.2, -0.15) is 0 Å². The number of ether oxygens (including phenoxy) is 2. The first-order chi connectivity index (χ1) is 16.5. The first-order valence-electron chi connectivity index (χ1n) is 11.2. The van der Waals surface area contributed by atoms with Crippen LogP contribution in [-0.4, -0.2) is 58.1 Å². The second-order valence-electron chi connectivity index (χ2n) is 8.15. The molecule has 3 N–H and O–H groups in total. The third-order valence-corrected chi connectivity index (χ3v) is 5.82. The molecule has 1 aliphatic rings. The number of urea groups is 1. The van der Waals surface area contributed by atoms with Gasteiger partial charge in [0.1, 0.15) is 23.4 Å². The summed E-state index contributed by atoms with van der Waals surface area (Å²) in [7, 11) is 1.58. The van der Waals surface area contributed by atoms with Gasteiger partial charge in [0, 0.05) is 17.8 Å². The number of hydrogen-bond acceptors (Lipinski definition) is 6. The summed E-state index contributed by atoms with van der Waals surface area (Å²) in [5.41, 5.74) is 2.11. The van der Waals surface area contributed by atoms with Gasteiger partial charge in [-0.05, 0) is 67.8 Å². The Morgan fingerprint density at radius 3 is 2.68 bits per heavy atom. The molecular formula is C24H28FN5O4. The van der Waals surface area contributed by atoms with Crippen LogP contribution in [0.4, 0.5) is 14.9 Å². The van der Waals surface area contributed by atoms with E-state index in [4.69, 9.17) is 9.47 Å². The zero-order valence-electron chi connectivity index (χ0n) is 18.9. The summed E-state index contributed by atoms with van der Waals surface area (Å²) >= 11 is 0. The number of aliphatic hydroxyl groups is 1. The quantitative estimate of drug-likeness (QED) is 0.467. The lowest BCUT2D eigenvalue weighted by atomic mass is 9.97. The van der Waals surface area contributed by atoms with E-state index in [1.54, 1.807) is 48.2 Å². The Balaban J connectivity index is 1.25. The van der Waals surface area contributed by atoms with Crippen LogP contribution in [0.25, 0.3) is 11.3 Å². The van der Waals surface area contributed by atoms with Crippen molar-refractivity contribution >= 4 is 11.7 Å². The molecule has 0 radical (unpaired) electrons. The zero-order chi connectivity index (χ0) is 23.9. The standard InChI is InChI=1S/C24H28FN5O4/c1-33-19-8-6-18(7-9-19)26-24(32)27-21-11-10-20(34-23(21)15-31)12-13-30-14-22(28-29-30)16-2-4-17(25)5-3-16/h2-9,14,20-21,23,31H,10-13,15H2,1H3,(H2,26,27,32)/t20-,21-,23-/m0/s1. The molecule has 1 aromatic heterocycles. The molecule has 2 heterocycles. The molecule has 1 saturated heterocycles. The molecule has 10 heteroatoms. The highest BCUT2D eigenvalue weighted by Gasteiger charge is 2.31. The van der Waals surface area contributed by atoms with Gasteiger partial charge in [0.15, 0.2) is 0 Å². The van der Waals surface area contributed by atoms with Crippen LogP contribution in [0.2, 0.25) is 0 Å². The summed E-state index contributed by atoms with van der Waals surface area (Å²) in [6, 6.07) is 12.5. The number of methoxy groups -OCH3 is 1.